The van der Waals surface area contributed by atoms with E-state index >= 15 is 0 Å². The van der Waals surface area contributed by atoms with Gasteiger partial charge in [-0.15, -0.1) is 0 Å². The Labute approximate surface area is 116 Å². The van der Waals surface area contributed by atoms with Crippen LogP contribution in [0.3, 0.4) is 0 Å². The Bertz CT molecular complexity index is 406. The molecule has 3 heteroatoms. The first-order valence-corrected chi connectivity index (χ1v) is 7.34. The maximum atomic E-state index is 5.70. The van der Waals surface area contributed by atoms with Crippen LogP contribution in [-0.4, -0.2) is 26.8 Å². The van der Waals surface area contributed by atoms with Crippen LogP contribution in [0.15, 0.2) is 18.2 Å². The minimum Gasteiger partial charge on any atom is -0.490 e. The Hall–Kier alpha value is -1.22. The fourth-order valence-corrected chi connectivity index (χ4v) is 2.81. The minimum atomic E-state index is 0.669. The number of nitrogens with one attached hydrogen (secondary N) is 1. The van der Waals surface area contributed by atoms with Crippen LogP contribution >= 0.6 is 0 Å². The Kier molecular flexibility index (Phi) is 5.08. The van der Waals surface area contributed by atoms with E-state index in [9.17, 15) is 0 Å². The SMILES string of the molecule is CCOc1ccc(C2CCC2CNC)cc1OCC. The molecule has 2 atom stereocenters. The van der Waals surface area contributed by atoms with Gasteiger partial charge in [0, 0.05) is 0 Å². The molecule has 2 rings (SSSR count). The molecular weight excluding hydrogens is 238 g/mol. The van der Waals surface area contributed by atoms with E-state index in [1.165, 1.54) is 18.4 Å². The van der Waals surface area contributed by atoms with Crippen molar-refractivity contribution in [2.24, 2.45) is 5.92 Å². The van der Waals surface area contributed by atoms with Gasteiger partial charge in [0.15, 0.2) is 11.5 Å². The van der Waals surface area contributed by atoms with Gasteiger partial charge in [-0.1, -0.05) is 6.07 Å². The molecule has 0 heterocycles. The highest BCUT2D eigenvalue weighted by Crippen LogP contribution is 2.44. The molecule has 1 aliphatic carbocycles. The smallest absolute Gasteiger partial charge is 0.161 e. The van der Waals surface area contributed by atoms with Crippen molar-refractivity contribution in [2.75, 3.05) is 26.8 Å². The highest BCUT2D eigenvalue weighted by molar-refractivity contribution is 5.44. The summed E-state index contributed by atoms with van der Waals surface area (Å²) in [6, 6.07) is 6.42. The summed E-state index contributed by atoms with van der Waals surface area (Å²) in [6.07, 6.45) is 2.61. The third-order valence-electron chi connectivity index (χ3n) is 3.88. The molecule has 1 aromatic carbocycles. The molecule has 19 heavy (non-hydrogen) atoms. The number of benzene rings is 1. The zero-order chi connectivity index (χ0) is 13.7. The second kappa shape index (κ2) is 6.80. The van der Waals surface area contributed by atoms with Crippen LogP contribution in [0.25, 0.3) is 0 Å². The largest absolute Gasteiger partial charge is 0.490 e. The van der Waals surface area contributed by atoms with Crippen molar-refractivity contribution in [3.05, 3.63) is 23.8 Å². The molecule has 0 saturated heterocycles. The standard InChI is InChI=1S/C16H25NO2/c1-4-18-15-9-7-12(10-16(15)19-5-2)14-8-6-13(14)11-17-3/h7,9-10,13-14,17H,4-6,8,11H2,1-3H3. The molecule has 1 N–H and O–H groups in total. The summed E-state index contributed by atoms with van der Waals surface area (Å²) in [5, 5.41) is 3.28. The first-order chi connectivity index (χ1) is 9.30. The van der Waals surface area contributed by atoms with Gasteiger partial charge < -0.3 is 14.8 Å². The van der Waals surface area contributed by atoms with E-state index in [1.54, 1.807) is 0 Å². The van der Waals surface area contributed by atoms with Crippen LogP contribution in [0.1, 0.15) is 38.2 Å². The molecule has 2 unspecified atom stereocenters. The second-order valence-electron chi connectivity index (χ2n) is 5.07. The topological polar surface area (TPSA) is 30.5 Å². The molecule has 0 aromatic heterocycles. The van der Waals surface area contributed by atoms with Crippen LogP contribution < -0.4 is 14.8 Å². The molecular formula is C16H25NO2. The van der Waals surface area contributed by atoms with E-state index in [0.29, 0.717) is 19.1 Å². The molecule has 106 valence electrons. The summed E-state index contributed by atoms with van der Waals surface area (Å²) < 4.78 is 11.3. The molecule has 1 aliphatic rings. The first kappa shape index (κ1) is 14.2. The molecule has 1 fully saturated rings. The molecule has 0 spiro atoms. The monoisotopic (exact) mass is 263 g/mol. The molecule has 3 nitrogen and oxygen atoms in total. The van der Waals surface area contributed by atoms with Crippen LogP contribution in [0.4, 0.5) is 0 Å². The lowest BCUT2D eigenvalue weighted by Gasteiger charge is -2.37. The van der Waals surface area contributed by atoms with Crippen molar-refractivity contribution >= 4 is 0 Å². The molecule has 1 aromatic rings. The van der Waals surface area contributed by atoms with Crippen LogP contribution in [0.5, 0.6) is 11.5 Å². The average molecular weight is 263 g/mol. The van der Waals surface area contributed by atoms with Gasteiger partial charge in [-0.2, -0.15) is 0 Å². The fourth-order valence-electron chi connectivity index (χ4n) is 2.81. The predicted octanol–water partition coefficient (Wildman–Crippen LogP) is 3.20. The summed E-state index contributed by atoms with van der Waals surface area (Å²) in [5.74, 6) is 3.18. The highest BCUT2D eigenvalue weighted by Gasteiger charge is 2.31. The lowest BCUT2D eigenvalue weighted by atomic mass is 9.70. The first-order valence-electron chi connectivity index (χ1n) is 7.34. The number of rotatable bonds is 7. The van der Waals surface area contributed by atoms with Gasteiger partial charge in [-0.05, 0) is 69.8 Å². The zero-order valence-corrected chi connectivity index (χ0v) is 12.2. The molecule has 0 radical (unpaired) electrons. The van der Waals surface area contributed by atoms with Gasteiger partial charge in [0.2, 0.25) is 0 Å². The van der Waals surface area contributed by atoms with Crippen LogP contribution in [0, 0.1) is 5.92 Å². The summed E-state index contributed by atoms with van der Waals surface area (Å²) in [6.45, 7) is 6.45. The van der Waals surface area contributed by atoms with Crippen molar-refractivity contribution in [3.8, 4) is 11.5 Å². The molecule has 0 bridgehead atoms. The average Bonchev–Trinajstić information content (AvgIpc) is 2.38. The van der Waals surface area contributed by atoms with E-state index in [0.717, 1.165) is 24.0 Å². The van der Waals surface area contributed by atoms with Crippen molar-refractivity contribution in [1.82, 2.24) is 5.32 Å². The van der Waals surface area contributed by atoms with Crippen molar-refractivity contribution in [1.29, 1.82) is 0 Å². The Morgan fingerprint density at radius 3 is 2.42 bits per heavy atom. The second-order valence-corrected chi connectivity index (χ2v) is 5.07. The zero-order valence-electron chi connectivity index (χ0n) is 12.2. The Balaban J connectivity index is 2.15. The van der Waals surface area contributed by atoms with Crippen LogP contribution in [0.2, 0.25) is 0 Å². The quantitative estimate of drug-likeness (QED) is 0.819. The molecule has 0 amide bonds. The summed E-state index contributed by atoms with van der Waals surface area (Å²) in [5.41, 5.74) is 1.39. The third kappa shape index (κ3) is 3.21. The lowest BCUT2D eigenvalue weighted by molar-refractivity contribution is 0.248. The van der Waals surface area contributed by atoms with Crippen molar-refractivity contribution < 1.29 is 9.47 Å². The summed E-state index contributed by atoms with van der Waals surface area (Å²) in [4.78, 5) is 0. The fraction of sp³-hybridized carbons (Fsp3) is 0.625. The van der Waals surface area contributed by atoms with Gasteiger partial charge in [0.05, 0.1) is 13.2 Å². The maximum Gasteiger partial charge on any atom is 0.161 e. The van der Waals surface area contributed by atoms with Gasteiger partial charge >= 0.3 is 0 Å². The third-order valence-corrected chi connectivity index (χ3v) is 3.88. The number of hydrogen-bond donors (Lipinski definition) is 1. The van der Waals surface area contributed by atoms with Gasteiger partial charge in [0.1, 0.15) is 0 Å². The number of ether oxygens (including phenoxy) is 2. The van der Waals surface area contributed by atoms with Crippen molar-refractivity contribution in [3.63, 3.8) is 0 Å². The van der Waals surface area contributed by atoms with E-state index < -0.39 is 0 Å². The van der Waals surface area contributed by atoms with E-state index in [2.05, 4.69) is 23.5 Å². The highest BCUT2D eigenvalue weighted by atomic mass is 16.5. The predicted molar refractivity (Wildman–Crippen MR) is 78.2 cm³/mol. The number of hydrogen-bond acceptors (Lipinski definition) is 3. The maximum absolute atomic E-state index is 5.70. The summed E-state index contributed by atoms with van der Waals surface area (Å²) >= 11 is 0. The van der Waals surface area contributed by atoms with E-state index in [1.807, 2.05) is 20.9 Å². The Morgan fingerprint density at radius 2 is 1.84 bits per heavy atom. The van der Waals surface area contributed by atoms with E-state index in [4.69, 9.17) is 9.47 Å². The van der Waals surface area contributed by atoms with Gasteiger partial charge in [-0.3, -0.25) is 0 Å². The van der Waals surface area contributed by atoms with Crippen molar-refractivity contribution in [2.45, 2.75) is 32.6 Å². The molecule has 0 aliphatic heterocycles. The van der Waals surface area contributed by atoms with Gasteiger partial charge in [-0.25, -0.2) is 0 Å². The molecule has 1 saturated carbocycles. The van der Waals surface area contributed by atoms with Gasteiger partial charge in [0.25, 0.3) is 0 Å². The normalized spacial score (nSPS) is 21.8. The lowest BCUT2D eigenvalue weighted by Crippen LogP contribution is -2.32. The van der Waals surface area contributed by atoms with E-state index in [-0.39, 0.29) is 0 Å². The summed E-state index contributed by atoms with van der Waals surface area (Å²) in [7, 11) is 2.03. The Morgan fingerprint density at radius 1 is 1.11 bits per heavy atom. The minimum absolute atomic E-state index is 0.669. The van der Waals surface area contributed by atoms with Crippen LogP contribution in [-0.2, 0) is 0 Å².